The molecule has 4 rings (SSSR count). The van der Waals surface area contributed by atoms with Crippen LogP contribution in [0, 0.1) is 19.8 Å². The normalized spacial score (nSPS) is 15.5. The summed E-state index contributed by atoms with van der Waals surface area (Å²) in [5.41, 5.74) is 3.39. The summed E-state index contributed by atoms with van der Waals surface area (Å²) in [4.78, 5) is 30.9. The van der Waals surface area contributed by atoms with Crippen molar-refractivity contribution in [1.82, 2.24) is 25.2 Å². The van der Waals surface area contributed by atoms with Gasteiger partial charge in [0.25, 0.3) is 5.91 Å². The predicted molar refractivity (Wildman–Crippen MR) is 128 cm³/mol. The Bertz CT molecular complexity index is 1110. The molecule has 0 aliphatic heterocycles. The quantitative estimate of drug-likeness (QED) is 0.505. The molecular weight excluding hydrogens is 432 g/mol. The second-order valence-electron chi connectivity index (χ2n) is 8.86. The van der Waals surface area contributed by atoms with Gasteiger partial charge in [0.1, 0.15) is 17.5 Å². The molecule has 0 spiro atoms. The van der Waals surface area contributed by atoms with Crippen LogP contribution in [0.2, 0.25) is 0 Å². The summed E-state index contributed by atoms with van der Waals surface area (Å²) in [5, 5.41) is 14.1. The zero-order chi connectivity index (χ0) is 24.1. The SMILES string of the molecule is CCn1nccc1C(=O)NC(C(=O)Nc1ccc(-c2c(C)noc2C)nc1)C1CCCCCC1. The zero-order valence-corrected chi connectivity index (χ0v) is 20.0. The first-order valence-corrected chi connectivity index (χ1v) is 12.0. The van der Waals surface area contributed by atoms with Crippen molar-refractivity contribution >= 4 is 17.5 Å². The van der Waals surface area contributed by atoms with Gasteiger partial charge in [-0.3, -0.25) is 19.3 Å². The van der Waals surface area contributed by atoms with Crippen LogP contribution in [0.5, 0.6) is 0 Å². The molecule has 3 heterocycles. The predicted octanol–water partition coefficient (Wildman–Crippen LogP) is 4.28. The highest BCUT2D eigenvalue weighted by molar-refractivity contribution is 6.00. The van der Waals surface area contributed by atoms with Crippen molar-refractivity contribution in [3.63, 3.8) is 0 Å². The lowest BCUT2D eigenvalue weighted by Gasteiger charge is -2.26. The number of aromatic nitrogens is 4. The van der Waals surface area contributed by atoms with Crippen LogP contribution in [0.3, 0.4) is 0 Å². The minimum Gasteiger partial charge on any atom is -0.361 e. The van der Waals surface area contributed by atoms with E-state index >= 15 is 0 Å². The van der Waals surface area contributed by atoms with Crippen molar-refractivity contribution in [2.75, 3.05) is 5.32 Å². The van der Waals surface area contributed by atoms with Gasteiger partial charge in [0.2, 0.25) is 5.91 Å². The highest BCUT2D eigenvalue weighted by atomic mass is 16.5. The number of anilines is 1. The zero-order valence-electron chi connectivity index (χ0n) is 20.0. The van der Waals surface area contributed by atoms with Crippen LogP contribution in [0.1, 0.15) is 67.4 Å². The second kappa shape index (κ2) is 10.6. The molecule has 1 aliphatic rings. The maximum atomic E-state index is 13.4. The summed E-state index contributed by atoms with van der Waals surface area (Å²) >= 11 is 0. The van der Waals surface area contributed by atoms with E-state index in [1.54, 1.807) is 23.1 Å². The number of carbonyl (C=O) groups excluding carboxylic acids is 2. The molecule has 0 radical (unpaired) electrons. The largest absolute Gasteiger partial charge is 0.361 e. The van der Waals surface area contributed by atoms with Gasteiger partial charge in [-0.15, -0.1) is 0 Å². The average Bonchev–Trinajstić information content (AvgIpc) is 3.34. The third-order valence-corrected chi connectivity index (χ3v) is 6.51. The Kier molecular flexibility index (Phi) is 7.40. The van der Waals surface area contributed by atoms with E-state index in [-0.39, 0.29) is 17.7 Å². The van der Waals surface area contributed by atoms with Crippen molar-refractivity contribution in [2.45, 2.75) is 71.9 Å². The summed E-state index contributed by atoms with van der Waals surface area (Å²) in [6.45, 7) is 6.22. The molecule has 3 aromatic heterocycles. The standard InChI is InChI=1S/C25H32N6O3/c1-4-31-21(13-14-27-31)24(32)29-23(18-9-7-5-6-8-10-18)25(33)28-19-11-12-20(26-15-19)22-16(2)30-34-17(22)3/h11-15,18,23H,4-10H2,1-3H3,(H,28,33)(H,29,32). The van der Waals surface area contributed by atoms with E-state index in [2.05, 4.69) is 25.9 Å². The molecule has 2 amide bonds. The van der Waals surface area contributed by atoms with Crippen LogP contribution in [0.25, 0.3) is 11.3 Å². The van der Waals surface area contributed by atoms with E-state index in [9.17, 15) is 9.59 Å². The highest BCUT2D eigenvalue weighted by Gasteiger charge is 2.31. The second-order valence-corrected chi connectivity index (χ2v) is 8.86. The van der Waals surface area contributed by atoms with E-state index in [0.717, 1.165) is 55.5 Å². The average molecular weight is 465 g/mol. The first kappa shape index (κ1) is 23.7. The molecule has 3 aromatic rings. The van der Waals surface area contributed by atoms with Gasteiger partial charge in [-0.2, -0.15) is 5.10 Å². The molecule has 1 atom stereocenters. The number of hydrogen-bond donors (Lipinski definition) is 2. The van der Waals surface area contributed by atoms with Crippen LogP contribution in [0.4, 0.5) is 5.69 Å². The van der Waals surface area contributed by atoms with E-state index in [1.165, 1.54) is 0 Å². The monoisotopic (exact) mass is 464 g/mol. The Labute approximate surface area is 199 Å². The summed E-state index contributed by atoms with van der Waals surface area (Å²) < 4.78 is 6.86. The first-order valence-electron chi connectivity index (χ1n) is 12.0. The summed E-state index contributed by atoms with van der Waals surface area (Å²) in [5.74, 6) is 0.272. The lowest BCUT2D eigenvalue weighted by Crippen LogP contribution is -2.49. The van der Waals surface area contributed by atoms with Crippen molar-refractivity contribution in [3.8, 4) is 11.3 Å². The van der Waals surface area contributed by atoms with Crippen molar-refractivity contribution in [1.29, 1.82) is 0 Å². The molecule has 0 bridgehead atoms. The van der Waals surface area contributed by atoms with Gasteiger partial charge in [0, 0.05) is 12.7 Å². The molecule has 9 nitrogen and oxygen atoms in total. The van der Waals surface area contributed by atoms with Gasteiger partial charge >= 0.3 is 0 Å². The third kappa shape index (κ3) is 5.18. The maximum absolute atomic E-state index is 13.4. The van der Waals surface area contributed by atoms with Crippen LogP contribution in [-0.4, -0.2) is 37.8 Å². The number of hydrogen-bond acceptors (Lipinski definition) is 6. The number of rotatable bonds is 7. The molecule has 34 heavy (non-hydrogen) atoms. The fraction of sp³-hybridized carbons (Fsp3) is 0.480. The van der Waals surface area contributed by atoms with Gasteiger partial charge in [-0.1, -0.05) is 30.8 Å². The topological polar surface area (TPSA) is 115 Å². The molecule has 1 unspecified atom stereocenters. The summed E-state index contributed by atoms with van der Waals surface area (Å²) in [7, 11) is 0. The van der Waals surface area contributed by atoms with Gasteiger partial charge in [0.05, 0.1) is 28.8 Å². The first-order chi connectivity index (χ1) is 16.5. The minimum absolute atomic E-state index is 0.0824. The molecule has 2 N–H and O–H groups in total. The molecule has 180 valence electrons. The molecule has 1 aliphatic carbocycles. The van der Waals surface area contributed by atoms with Crippen molar-refractivity contribution < 1.29 is 14.1 Å². The molecule has 0 aromatic carbocycles. The van der Waals surface area contributed by atoms with E-state index in [1.807, 2.05) is 32.9 Å². The Balaban J connectivity index is 1.52. The van der Waals surface area contributed by atoms with Crippen LogP contribution >= 0.6 is 0 Å². The van der Waals surface area contributed by atoms with E-state index in [0.29, 0.717) is 23.7 Å². The number of pyridine rings is 1. The Hall–Kier alpha value is -3.49. The van der Waals surface area contributed by atoms with Crippen LogP contribution in [0.15, 0.2) is 35.1 Å². The molecular formula is C25H32N6O3. The molecule has 0 saturated heterocycles. The van der Waals surface area contributed by atoms with Gasteiger partial charge in [-0.05, 0) is 57.7 Å². The number of aryl methyl sites for hydroxylation is 3. The summed E-state index contributed by atoms with van der Waals surface area (Å²) in [6.07, 6.45) is 9.49. The number of carbonyl (C=O) groups is 2. The lowest BCUT2D eigenvalue weighted by atomic mass is 9.91. The maximum Gasteiger partial charge on any atom is 0.270 e. The third-order valence-electron chi connectivity index (χ3n) is 6.51. The summed E-state index contributed by atoms with van der Waals surface area (Å²) in [6, 6.07) is 4.69. The van der Waals surface area contributed by atoms with Crippen molar-refractivity contribution in [3.05, 3.63) is 47.7 Å². The Morgan fingerprint density at radius 1 is 1.15 bits per heavy atom. The number of nitrogens with one attached hydrogen (secondary N) is 2. The van der Waals surface area contributed by atoms with Crippen LogP contribution in [-0.2, 0) is 11.3 Å². The highest BCUT2D eigenvalue weighted by Crippen LogP contribution is 2.28. The number of nitrogens with zero attached hydrogens (tertiary/aromatic N) is 4. The molecule has 1 saturated carbocycles. The molecule has 9 heteroatoms. The smallest absolute Gasteiger partial charge is 0.270 e. The van der Waals surface area contributed by atoms with Gasteiger partial charge < -0.3 is 15.2 Å². The van der Waals surface area contributed by atoms with E-state index < -0.39 is 6.04 Å². The number of amides is 2. The fourth-order valence-electron chi connectivity index (χ4n) is 4.72. The Morgan fingerprint density at radius 2 is 1.91 bits per heavy atom. The van der Waals surface area contributed by atoms with Gasteiger partial charge in [-0.25, -0.2) is 0 Å². The Morgan fingerprint density at radius 3 is 2.53 bits per heavy atom. The van der Waals surface area contributed by atoms with Crippen molar-refractivity contribution in [2.24, 2.45) is 5.92 Å². The van der Waals surface area contributed by atoms with E-state index in [4.69, 9.17) is 4.52 Å². The minimum atomic E-state index is -0.631. The lowest BCUT2D eigenvalue weighted by molar-refractivity contribution is -0.119. The van der Waals surface area contributed by atoms with Gasteiger partial charge in [0.15, 0.2) is 0 Å². The fourth-order valence-corrected chi connectivity index (χ4v) is 4.72. The molecule has 1 fully saturated rings. The van der Waals surface area contributed by atoms with Crippen LogP contribution < -0.4 is 10.6 Å².